The van der Waals surface area contributed by atoms with Gasteiger partial charge in [-0.05, 0) is 47.6 Å². The first kappa shape index (κ1) is 15.3. The van der Waals surface area contributed by atoms with Crippen LogP contribution < -0.4 is 0 Å². The summed E-state index contributed by atoms with van der Waals surface area (Å²) in [6, 6.07) is 10.6. The van der Waals surface area contributed by atoms with E-state index in [0.717, 1.165) is 12.5 Å². The molecule has 22 heavy (non-hydrogen) atoms. The van der Waals surface area contributed by atoms with Gasteiger partial charge in [0.1, 0.15) is 0 Å². The topological polar surface area (TPSA) is 17.8 Å². The standard InChI is InChI=1S/C20H28N2/c1-20(2,3)19-11-7-10-17(12-19)18-13-21-22(15-18)14-16-8-5-4-6-9-16/h4-6,8-9,13,15,17,19H,7,10-12,14H2,1-3H3. The normalized spacial score (nSPS) is 22.7. The van der Waals surface area contributed by atoms with Gasteiger partial charge in [-0.1, -0.05) is 57.5 Å². The Hall–Kier alpha value is -1.57. The molecule has 0 bridgehead atoms. The van der Waals surface area contributed by atoms with Crippen molar-refractivity contribution in [2.24, 2.45) is 11.3 Å². The largest absolute Gasteiger partial charge is 0.268 e. The Morgan fingerprint density at radius 2 is 1.91 bits per heavy atom. The maximum atomic E-state index is 4.59. The summed E-state index contributed by atoms with van der Waals surface area (Å²) >= 11 is 0. The van der Waals surface area contributed by atoms with Crippen LogP contribution in [0.5, 0.6) is 0 Å². The number of aromatic nitrogens is 2. The van der Waals surface area contributed by atoms with Crippen molar-refractivity contribution in [1.29, 1.82) is 0 Å². The first-order valence-corrected chi connectivity index (χ1v) is 8.58. The molecule has 2 heteroatoms. The second-order valence-electron chi connectivity index (χ2n) is 7.88. The van der Waals surface area contributed by atoms with E-state index in [2.05, 4.69) is 73.3 Å². The summed E-state index contributed by atoms with van der Waals surface area (Å²) in [5.74, 6) is 1.53. The van der Waals surface area contributed by atoms with E-state index in [4.69, 9.17) is 0 Å². The molecule has 0 N–H and O–H groups in total. The van der Waals surface area contributed by atoms with Gasteiger partial charge in [0.25, 0.3) is 0 Å². The van der Waals surface area contributed by atoms with E-state index < -0.39 is 0 Å². The fourth-order valence-electron chi connectivity index (χ4n) is 3.73. The predicted octanol–water partition coefficient (Wildman–Crippen LogP) is 5.25. The highest BCUT2D eigenvalue weighted by atomic mass is 15.3. The molecule has 1 aromatic carbocycles. The molecule has 0 aliphatic heterocycles. The van der Waals surface area contributed by atoms with Gasteiger partial charge in [0.05, 0.1) is 12.7 Å². The predicted molar refractivity (Wildman–Crippen MR) is 91.9 cm³/mol. The van der Waals surface area contributed by atoms with Gasteiger partial charge in [0.2, 0.25) is 0 Å². The van der Waals surface area contributed by atoms with Crippen molar-refractivity contribution in [3.8, 4) is 0 Å². The summed E-state index contributed by atoms with van der Waals surface area (Å²) in [5, 5.41) is 4.59. The van der Waals surface area contributed by atoms with Crippen LogP contribution in [0.4, 0.5) is 0 Å². The Morgan fingerprint density at radius 1 is 1.14 bits per heavy atom. The molecule has 0 amide bonds. The van der Waals surface area contributed by atoms with Gasteiger partial charge >= 0.3 is 0 Å². The summed E-state index contributed by atoms with van der Waals surface area (Å²) < 4.78 is 2.09. The summed E-state index contributed by atoms with van der Waals surface area (Å²) in [4.78, 5) is 0. The summed E-state index contributed by atoms with van der Waals surface area (Å²) in [5.41, 5.74) is 3.18. The monoisotopic (exact) mass is 296 g/mol. The van der Waals surface area contributed by atoms with Gasteiger partial charge in [-0.25, -0.2) is 0 Å². The van der Waals surface area contributed by atoms with Crippen LogP contribution in [-0.2, 0) is 6.54 Å². The molecule has 1 aliphatic carbocycles. The zero-order valence-corrected chi connectivity index (χ0v) is 14.1. The third kappa shape index (κ3) is 3.60. The molecule has 2 nitrogen and oxygen atoms in total. The van der Waals surface area contributed by atoms with Crippen LogP contribution in [0.25, 0.3) is 0 Å². The van der Waals surface area contributed by atoms with Crippen LogP contribution in [0.15, 0.2) is 42.7 Å². The van der Waals surface area contributed by atoms with Gasteiger partial charge in [-0.2, -0.15) is 5.10 Å². The number of hydrogen-bond acceptors (Lipinski definition) is 1. The number of nitrogens with zero attached hydrogens (tertiary/aromatic N) is 2. The lowest BCUT2D eigenvalue weighted by Gasteiger charge is -2.37. The van der Waals surface area contributed by atoms with Gasteiger partial charge < -0.3 is 0 Å². The quantitative estimate of drug-likeness (QED) is 0.756. The maximum absolute atomic E-state index is 4.59. The van der Waals surface area contributed by atoms with Crippen LogP contribution in [0, 0.1) is 11.3 Å². The zero-order valence-electron chi connectivity index (χ0n) is 14.1. The van der Waals surface area contributed by atoms with Gasteiger partial charge in [0, 0.05) is 6.20 Å². The van der Waals surface area contributed by atoms with Gasteiger partial charge in [-0.15, -0.1) is 0 Å². The van der Waals surface area contributed by atoms with Gasteiger partial charge in [-0.3, -0.25) is 4.68 Å². The van der Waals surface area contributed by atoms with Crippen LogP contribution >= 0.6 is 0 Å². The van der Waals surface area contributed by atoms with E-state index in [0.29, 0.717) is 11.3 Å². The molecule has 2 atom stereocenters. The first-order valence-electron chi connectivity index (χ1n) is 8.58. The van der Waals surface area contributed by atoms with Crippen molar-refractivity contribution in [2.75, 3.05) is 0 Å². The Balaban J connectivity index is 1.68. The molecule has 0 saturated heterocycles. The summed E-state index contributed by atoms with van der Waals surface area (Å²) in [6.07, 6.45) is 9.75. The Morgan fingerprint density at radius 3 is 2.64 bits per heavy atom. The molecule has 1 aromatic heterocycles. The number of hydrogen-bond donors (Lipinski definition) is 0. The zero-order chi connectivity index (χ0) is 15.6. The molecular weight excluding hydrogens is 268 g/mol. The molecule has 1 aliphatic rings. The molecule has 118 valence electrons. The minimum absolute atomic E-state index is 0.429. The third-order valence-corrected chi connectivity index (χ3v) is 5.21. The molecule has 1 saturated carbocycles. The fraction of sp³-hybridized carbons (Fsp3) is 0.550. The van der Waals surface area contributed by atoms with Gasteiger partial charge in [0.15, 0.2) is 0 Å². The van der Waals surface area contributed by atoms with Crippen LogP contribution in [0.2, 0.25) is 0 Å². The van der Waals surface area contributed by atoms with Crippen molar-refractivity contribution >= 4 is 0 Å². The highest BCUT2D eigenvalue weighted by Crippen LogP contribution is 2.43. The molecule has 0 radical (unpaired) electrons. The Labute approximate surface area is 134 Å². The summed E-state index contributed by atoms with van der Waals surface area (Å²) in [7, 11) is 0. The van der Waals surface area contributed by atoms with Crippen molar-refractivity contribution < 1.29 is 0 Å². The molecular formula is C20H28N2. The van der Waals surface area contributed by atoms with E-state index >= 15 is 0 Å². The molecule has 3 rings (SSSR count). The van der Waals surface area contributed by atoms with Crippen LogP contribution in [0.1, 0.15) is 63.5 Å². The second-order valence-corrected chi connectivity index (χ2v) is 7.88. The molecule has 0 spiro atoms. The average molecular weight is 296 g/mol. The first-order chi connectivity index (χ1) is 10.5. The SMILES string of the molecule is CC(C)(C)C1CCCC(c2cnn(Cc3ccccc3)c2)C1. The number of benzene rings is 1. The van der Waals surface area contributed by atoms with Crippen molar-refractivity contribution in [3.63, 3.8) is 0 Å². The van der Waals surface area contributed by atoms with E-state index in [9.17, 15) is 0 Å². The van der Waals surface area contributed by atoms with Crippen molar-refractivity contribution in [2.45, 2.75) is 58.9 Å². The minimum atomic E-state index is 0.429. The van der Waals surface area contributed by atoms with E-state index in [1.807, 2.05) is 0 Å². The molecule has 2 aromatic rings. The highest BCUT2D eigenvalue weighted by molar-refractivity contribution is 5.17. The molecule has 1 heterocycles. The van der Waals surface area contributed by atoms with E-state index in [-0.39, 0.29) is 0 Å². The van der Waals surface area contributed by atoms with Crippen molar-refractivity contribution in [3.05, 3.63) is 53.9 Å². The third-order valence-electron chi connectivity index (χ3n) is 5.21. The maximum Gasteiger partial charge on any atom is 0.0659 e. The molecule has 1 fully saturated rings. The lowest BCUT2D eigenvalue weighted by atomic mass is 9.68. The lowest BCUT2D eigenvalue weighted by Crippen LogP contribution is -2.26. The van der Waals surface area contributed by atoms with Crippen molar-refractivity contribution in [1.82, 2.24) is 9.78 Å². The molecule has 2 unspecified atom stereocenters. The van der Waals surface area contributed by atoms with Crippen LogP contribution in [0.3, 0.4) is 0 Å². The number of rotatable bonds is 3. The summed E-state index contributed by atoms with van der Waals surface area (Å²) in [6.45, 7) is 8.03. The Kier molecular flexibility index (Phi) is 4.37. The lowest BCUT2D eigenvalue weighted by molar-refractivity contribution is 0.165. The van der Waals surface area contributed by atoms with E-state index in [1.54, 1.807) is 0 Å². The smallest absolute Gasteiger partial charge is 0.0659 e. The second kappa shape index (κ2) is 6.28. The average Bonchev–Trinajstić information content (AvgIpc) is 2.96. The fourth-order valence-corrected chi connectivity index (χ4v) is 3.73. The highest BCUT2D eigenvalue weighted by Gasteiger charge is 2.31. The Bertz CT molecular complexity index is 592. The minimum Gasteiger partial charge on any atom is -0.268 e. The van der Waals surface area contributed by atoms with Crippen LogP contribution in [-0.4, -0.2) is 9.78 Å². The van der Waals surface area contributed by atoms with E-state index in [1.165, 1.54) is 36.8 Å².